The van der Waals surface area contributed by atoms with E-state index in [1.54, 1.807) is 3.88 Å². The molecule has 1 aliphatic rings. The van der Waals surface area contributed by atoms with Crippen molar-refractivity contribution in [3.05, 3.63) is 81.3 Å². The summed E-state index contributed by atoms with van der Waals surface area (Å²) in [6.45, 7) is 9.88. The largest absolute Gasteiger partial charge is 1.00 e. The SMILES string of the molecule is CCCCCCCCCCCC(=O)[NH][Ti+2]([C]1=C(C)C(C)=C(C)C1C)[SiH](c1ccccc1)c1ccccc1.[Cl-].[Cl-]. The Hall–Kier alpha value is -1.10. The molecule has 2 aromatic rings. The first-order chi connectivity index (χ1) is 18.0. The third kappa shape index (κ3) is 10.3. The van der Waals surface area contributed by atoms with E-state index >= 15 is 0 Å². The van der Waals surface area contributed by atoms with Gasteiger partial charge in [0, 0.05) is 0 Å². The van der Waals surface area contributed by atoms with Crippen LogP contribution in [0.3, 0.4) is 0 Å². The zero-order valence-electron chi connectivity index (χ0n) is 24.7. The first kappa shape index (κ1) is 35.9. The predicted octanol–water partition coefficient (Wildman–Crippen LogP) is 1.36. The standard InChI is InChI=1S/C12H25NO.C12H11Si.C9H13.2ClH.Ti/c1-2-3-4-5-6-7-8-9-10-11-12(13)14;1-3-7-11(8-4-1)13-12-9-5-2-6-10-12;1-6-5-7(2)9(4)8(6)3;;;/h2-11H2,1H3,(H2,13,14);1-10,13H;6H,1-4H3;2*1H;/q;;;;;+3/p-3. The maximum atomic E-state index is 13.5. The number of hydrogen-bond donors (Lipinski definition) is 1. The minimum absolute atomic E-state index is 0. The number of halogens is 2. The van der Waals surface area contributed by atoms with Crippen molar-refractivity contribution in [2.75, 3.05) is 0 Å². The zero-order chi connectivity index (χ0) is 26.6. The number of nitrogens with one attached hydrogen (secondary N) is 1. The number of rotatable bonds is 15. The van der Waals surface area contributed by atoms with Crippen LogP contribution in [0.15, 0.2) is 81.3 Å². The van der Waals surface area contributed by atoms with Gasteiger partial charge in [0.15, 0.2) is 0 Å². The van der Waals surface area contributed by atoms with Crippen LogP contribution in [0.2, 0.25) is 0 Å². The third-order valence-corrected chi connectivity index (χ3v) is 21.7. The molecule has 0 spiro atoms. The summed E-state index contributed by atoms with van der Waals surface area (Å²) in [5.74, 6) is 0.724. The molecule has 3 rings (SSSR count). The number of hydrogen-bond acceptors (Lipinski definition) is 1. The van der Waals surface area contributed by atoms with Gasteiger partial charge in [-0.1, -0.05) is 6.92 Å². The van der Waals surface area contributed by atoms with Crippen molar-refractivity contribution < 1.29 is 47.0 Å². The van der Waals surface area contributed by atoms with Gasteiger partial charge in [-0.3, -0.25) is 0 Å². The van der Waals surface area contributed by atoms with Crippen molar-refractivity contribution in [1.82, 2.24) is 3.80 Å². The van der Waals surface area contributed by atoms with Crippen molar-refractivity contribution in [3.8, 4) is 0 Å². The van der Waals surface area contributed by atoms with E-state index in [1.165, 1.54) is 78.5 Å². The molecular formula is C33H48Cl2NOSiTi. The summed E-state index contributed by atoms with van der Waals surface area (Å²) < 4.78 is 5.39. The van der Waals surface area contributed by atoms with Crippen LogP contribution in [0.4, 0.5) is 0 Å². The average molecular weight is 622 g/mol. The molecule has 0 aliphatic heterocycles. The molecule has 1 unspecified atom stereocenters. The van der Waals surface area contributed by atoms with Gasteiger partial charge in [0.1, 0.15) is 0 Å². The number of amides is 1. The van der Waals surface area contributed by atoms with Crippen molar-refractivity contribution in [1.29, 1.82) is 0 Å². The predicted molar refractivity (Wildman–Crippen MR) is 160 cm³/mol. The summed E-state index contributed by atoms with van der Waals surface area (Å²) in [4.78, 5) is 13.5. The normalized spacial score (nSPS) is 14.8. The van der Waals surface area contributed by atoms with Crippen LogP contribution in [0.5, 0.6) is 0 Å². The number of carbonyl (C=O) groups is 1. The van der Waals surface area contributed by atoms with Crippen molar-refractivity contribution in [2.45, 2.75) is 98.8 Å². The van der Waals surface area contributed by atoms with Crippen LogP contribution in [0.1, 0.15) is 98.8 Å². The van der Waals surface area contributed by atoms with Crippen LogP contribution in [0, 0.1) is 5.92 Å². The summed E-state index contributed by atoms with van der Waals surface area (Å²) in [5, 5.41) is 2.92. The van der Waals surface area contributed by atoms with E-state index in [0.717, 1.165) is 6.42 Å². The molecule has 0 radical (unpaired) electrons. The van der Waals surface area contributed by atoms with Crippen LogP contribution in [-0.2, 0) is 22.2 Å². The monoisotopic (exact) mass is 620 g/mol. The Labute approximate surface area is 258 Å². The van der Waals surface area contributed by atoms with Crippen LogP contribution in [-0.4, -0.2) is 12.6 Å². The molecule has 2 nitrogen and oxygen atoms in total. The number of carbonyl (C=O) groups excluding carboxylic acids is 1. The quantitative estimate of drug-likeness (QED) is 0.237. The van der Waals surface area contributed by atoms with Crippen molar-refractivity contribution in [3.63, 3.8) is 0 Å². The molecular weight excluding hydrogens is 573 g/mol. The Kier molecular flexibility index (Phi) is 17.6. The molecule has 213 valence electrons. The molecule has 1 aliphatic carbocycles. The number of benzene rings is 2. The molecule has 2 aromatic carbocycles. The second-order valence-corrected chi connectivity index (χ2v) is 20.7. The molecule has 0 saturated carbocycles. The molecule has 0 aromatic heterocycles. The van der Waals surface area contributed by atoms with Gasteiger partial charge >= 0.3 is 228 Å². The van der Waals surface area contributed by atoms with Gasteiger partial charge in [-0.05, 0) is 0 Å². The summed E-state index contributed by atoms with van der Waals surface area (Å²) in [6, 6.07) is 22.2. The van der Waals surface area contributed by atoms with Gasteiger partial charge in [0.25, 0.3) is 0 Å². The fourth-order valence-corrected chi connectivity index (χ4v) is 21.0. The maximum Gasteiger partial charge on any atom is -1.00 e. The van der Waals surface area contributed by atoms with Crippen LogP contribution in [0.25, 0.3) is 0 Å². The number of unbranched alkanes of at least 4 members (excludes halogenated alkanes) is 8. The molecule has 0 saturated heterocycles. The minimum Gasteiger partial charge on any atom is -1.00 e. The second-order valence-electron chi connectivity index (χ2n) is 10.9. The van der Waals surface area contributed by atoms with E-state index in [2.05, 4.69) is 99.1 Å². The van der Waals surface area contributed by atoms with Gasteiger partial charge < -0.3 is 24.8 Å². The minimum atomic E-state index is -2.18. The third-order valence-electron chi connectivity index (χ3n) is 8.27. The first-order valence-electron chi connectivity index (χ1n) is 14.6. The molecule has 6 heteroatoms. The van der Waals surface area contributed by atoms with Crippen LogP contribution < -0.4 is 39.0 Å². The summed E-state index contributed by atoms with van der Waals surface area (Å²) in [5.41, 5.74) is 4.38. The smallest absolute Gasteiger partial charge is 1.00 e. The Balaban J connectivity index is 0.00000380. The van der Waals surface area contributed by atoms with Crippen molar-refractivity contribution in [2.24, 2.45) is 5.92 Å². The van der Waals surface area contributed by atoms with E-state index in [9.17, 15) is 4.79 Å². The van der Waals surface area contributed by atoms with E-state index in [-0.39, 0.29) is 30.7 Å². The van der Waals surface area contributed by atoms with Crippen LogP contribution >= 0.6 is 0 Å². The topological polar surface area (TPSA) is 29.1 Å². The maximum absolute atomic E-state index is 13.5. The van der Waals surface area contributed by atoms with Gasteiger partial charge in [-0.15, -0.1) is 0 Å². The Morgan fingerprint density at radius 2 is 1.21 bits per heavy atom. The van der Waals surface area contributed by atoms with Gasteiger partial charge in [-0.25, -0.2) is 0 Å². The molecule has 0 fully saturated rings. The van der Waals surface area contributed by atoms with Gasteiger partial charge in [-0.2, -0.15) is 0 Å². The molecule has 0 heterocycles. The number of allylic oxidation sites excluding steroid dienone is 4. The first-order valence-corrected chi connectivity index (χ1v) is 20.6. The second kappa shape index (κ2) is 19.1. The summed E-state index contributed by atoms with van der Waals surface area (Å²) in [7, 11) is 0. The van der Waals surface area contributed by atoms with E-state index in [1.807, 2.05) is 0 Å². The molecule has 1 amide bonds. The fraction of sp³-hybridized carbons (Fsp3) is 0.485. The van der Waals surface area contributed by atoms with E-state index in [0.29, 0.717) is 12.3 Å². The zero-order valence-corrected chi connectivity index (χ0v) is 28.9. The molecule has 39 heavy (non-hydrogen) atoms. The van der Waals surface area contributed by atoms with Crippen molar-refractivity contribution >= 4 is 22.9 Å². The molecule has 0 bridgehead atoms. The van der Waals surface area contributed by atoms with Gasteiger partial charge in [0.2, 0.25) is 0 Å². The summed E-state index contributed by atoms with van der Waals surface area (Å²) in [6.07, 6.45) is 12.2. The Bertz CT molecular complexity index is 1020. The van der Waals surface area contributed by atoms with E-state index < -0.39 is 24.0 Å². The fourth-order valence-electron chi connectivity index (χ4n) is 5.72. The van der Waals surface area contributed by atoms with E-state index in [4.69, 9.17) is 0 Å². The average Bonchev–Trinajstić information content (AvgIpc) is 3.10. The Morgan fingerprint density at radius 1 is 0.744 bits per heavy atom. The van der Waals surface area contributed by atoms with Gasteiger partial charge in [0.05, 0.1) is 0 Å². The molecule has 1 atom stereocenters. The molecule has 1 N–H and O–H groups in total. The Morgan fingerprint density at radius 3 is 1.64 bits per heavy atom. The summed E-state index contributed by atoms with van der Waals surface area (Å²) >= 11 is -2.18.